The highest BCUT2D eigenvalue weighted by atomic mass is 35.5. The van der Waals surface area contributed by atoms with Crippen LogP contribution in [0, 0.1) is 12.3 Å². The summed E-state index contributed by atoms with van der Waals surface area (Å²) in [6.07, 6.45) is 6.47. The van der Waals surface area contributed by atoms with Gasteiger partial charge in [0.05, 0.1) is 5.56 Å². The van der Waals surface area contributed by atoms with Crippen molar-refractivity contribution in [3.8, 4) is 18.2 Å². The Balaban J connectivity index is 1.97. The van der Waals surface area contributed by atoms with Crippen LogP contribution in [0.1, 0.15) is 12.0 Å². The van der Waals surface area contributed by atoms with E-state index in [1.54, 1.807) is 12.1 Å². The van der Waals surface area contributed by atoms with Gasteiger partial charge in [-0.2, -0.15) is 0 Å². The molecule has 1 fully saturated rings. The molecular weight excluding hydrogens is 212 g/mol. The topological polar surface area (TPSA) is 25.4 Å². The highest BCUT2D eigenvalue weighted by Crippen LogP contribution is 2.17. The van der Waals surface area contributed by atoms with Crippen molar-refractivity contribution in [2.75, 3.05) is 19.8 Å². The minimum absolute atomic E-state index is 0.318. The van der Waals surface area contributed by atoms with Gasteiger partial charge in [0.2, 0.25) is 5.88 Å². The molecule has 1 aromatic rings. The maximum absolute atomic E-state index is 5.85. The lowest BCUT2D eigenvalue weighted by Crippen LogP contribution is -2.39. The molecule has 2 rings (SSSR count). The van der Waals surface area contributed by atoms with Gasteiger partial charge in [-0.1, -0.05) is 17.5 Å². The average Bonchev–Trinajstić information content (AvgIpc) is 2.16. The van der Waals surface area contributed by atoms with E-state index in [0.29, 0.717) is 23.3 Å². The summed E-state index contributed by atoms with van der Waals surface area (Å²) in [6, 6.07) is 3.47. The largest absolute Gasteiger partial charge is 0.461 e. The van der Waals surface area contributed by atoms with Crippen molar-refractivity contribution < 1.29 is 4.74 Å². The van der Waals surface area contributed by atoms with Crippen LogP contribution in [0.2, 0.25) is 5.15 Å². The van der Waals surface area contributed by atoms with Crippen LogP contribution < -0.4 is 4.74 Å². The molecule has 0 N–H and O–H groups in total. The summed E-state index contributed by atoms with van der Waals surface area (Å²) in [5.74, 6) is 2.97. The maximum atomic E-state index is 5.85. The van der Waals surface area contributed by atoms with E-state index in [9.17, 15) is 0 Å². The lowest BCUT2D eigenvalue weighted by atomic mass is 10.2. The van der Waals surface area contributed by atoms with E-state index in [1.165, 1.54) is 6.42 Å². The van der Waals surface area contributed by atoms with Crippen LogP contribution in [-0.2, 0) is 0 Å². The Labute approximate surface area is 94.0 Å². The molecule has 0 aromatic carbocycles. The third kappa shape index (κ3) is 2.41. The van der Waals surface area contributed by atoms with Gasteiger partial charge in [-0.25, -0.2) is 4.98 Å². The number of rotatable bonds is 3. The van der Waals surface area contributed by atoms with Gasteiger partial charge in [0.1, 0.15) is 11.9 Å². The summed E-state index contributed by atoms with van der Waals surface area (Å²) < 4.78 is 5.45. The molecule has 0 aliphatic carbocycles. The monoisotopic (exact) mass is 222 g/mol. The Hall–Kier alpha value is -1.24. The van der Waals surface area contributed by atoms with Crippen molar-refractivity contribution >= 4 is 11.6 Å². The summed E-state index contributed by atoms with van der Waals surface area (Å²) >= 11 is 5.85. The zero-order chi connectivity index (χ0) is 10.7. The van der Waals surface area contributed by atoms with Gasteiger partial charge in [-0.05, 0) is 12.5 Å². The number of terminal acetylenes is 1. The maximum Gasteiger partial charge on any atom is 0.216 e. The SMILES string of the molecule is C#Cc1ccc(OCN2CCC2)nc1Cl. The molecule has 0 radical (unpaired) electrons. The smallest absolute Gasteiger partial charge is 0.216 e. The van der Waals surface area contributed by atoms with Gasteiger partial charge in [0.25, 0.3) is 0 Å². The van der Waals surface area contributed by atoms with Crippen molar-refractivity contribution in [1.29, 1.82) is 0 Å². The Morgan fingerprint density at radius 1 is 1.53 bits per heavy atom. The summed E-state index contributed by atoms with van der Waals surface area (Å²) in [5, 5.41) is 0.318. The molecule has 0 bridgehead atoms. The zero-order valence-electron chi connectivity index (χ0n) is 8.24. The third-order valence-electron chi connectivity index (χ3n) is 2.32. The van der Waals surface area contributed by atoms with E-state index in [2.05, 4.69) is 15.8 Å². The average molecular weight is 223 g/mol. The van der Waals surface area contributed by atoms with Gasteiger partial charge < -0.3 is 4.74 Å². The second kappa shape index (κ2) is 4.52. The summed E-state index contributed by atoms with van der Waals surface area (Å²) in [4.78, 5) is 6.23. The van der Waals surface area contributed by atoms with E-state index in [4.69, 9.17) is 22.8 Å². The highest BCUT2D eigenvalue weighted by molar-refractivity contribution is 6.30. The van der Waals surface area contributed by atoms with Crippen LogP contribution in [0.3, 0.4) is 0 Å². The minimum Gasteiger partial charge on any atom is -0.461 e. The predicted octanol–water partition coefficient (Wildman–Crippen LogP) is 1.76. The summed E-state index contributed by atoms with van der Waals surface area (Å²) in [6.45, 7) is 2.76. The van der Waals surface area contributed by atoms with Crippen LogP contribution in [0.5, 0.6) is 5.88 Å². The molecule has 0 unspecified atom stereocenters. The number of pyridine rings is 1. The molecule has 0 amide bonds. The number of hydrogen-bond acceptors (Lipinski definition) is 3. The minimum atomic E-state index is 0.318. The van der Waals surface area contributed by atoms with E-state index >= 15 is 0 Å². The molecule has 15 heavy (non-hydrogen) atoms. The molecule has 3 nitrogen and oxygen atoms in total. The molecule has 2 heterocycles. The molecule has 1 aliphatic rings. The number of halogens is 1. The standard InChI is InChI=1S/C11H11ClN2O/c1-2-9-4-5-10(13-11(9)12)15-8-14-6-3-7-14/h1,4-5H,3,6-8H2. The second-order valence-electron chi connectivity index (χ2n) is 3.38. The van der Waals surface area contributed by atoms with Crippen LogP contribution in [0.4, 0.5) is 0 Å². The van der Waals surface area contributed by atoms with Crippen molar-refractivity contribution in [2.24, 2.45) is 0 Å². The molecule has 0 spiro atoms. The van der Waals surface area contributed by atoms with Gasteiger partial charge in [-0.15, -0.1) is 6.42 Å². The quantitative estimate of drug-likeness (QED) is 0.576. The van der Waals surface area contributed by atoms with Crippen LogP contribution in [0.15, 0.2) is 12.1 Å². The normalized spacial score (nSPS) is 15.5. The molecule has 78 valence electrons. The first kappa shape index (κ1) is 10.3. The highest BCUT2D eigenvalue weighted by Gasteiger charge is 2.14. The number of ether oxygens (including phenoxy) is 1. The van der Waals surface area contributed by atoms with Gasteiger partial charge >= 0.3 is 0 Å². The Kier molecular flexibility index (Phi) is 3.10. The molecule has 1 aromatic heterocycles. The first-order valence-electron chi connectivity index (χ1n) is 4.78. The molecule has 0 atom stereocenters. The molecule has 1 saturated heterocycles. The number of nitrogens with zero attached hydrogens (tertiary/aromatic N) is 2. The fourth-order valence-electron chi connectivity index (χ4n) is 1.27. The molecule has 1 aliphatic heterocycles. The van der Waals surface area contributed by atoms with Gasteiger partial charge in [-0.3, -0.25) is 4.90 Å². The van der Waals surface area contributed by atoms with Crippen LogP contribution >= 0.6 is 11.6 Å². The first-order chi connectivity index (χ1) is 7.29. The number of hydrogen-bond donors (Lipinski definition) is 0. The molecule has 4 heteroatoms. The first-order valence-corrected chi connectivity index (χ1v) is 5.16. The zero-order valence-corrected chi connectivity index (χ0v) is 9.00. The van der Waals surface area contributed by atoms with E-state index < -0.39 is 0 Å². The summed E-state index contributed by atoms with van der Waals surface area (Å²) in [5.41, 5.74) is 0.591. The van der Waals surface area contributed by atoms with E-state index in [-0.39, 0.29) is 0 Å². The predicted molar refractivity (Wildman–Crippen MR) is 58.9 cm³/mol. The van der Waals surface area contributed by atoms with Crippen LogP contribution in [0.25, 0.3) is 0 Å². The number of aromatic nitrogens is 1. The Morgan fingerprint density at radius 3 is 2.87 bits per heavy atom. The molecular formula is C11H11ClN2O. The lowest BCUT2D eigenvalue weighted by Gasteiger charge is -2.29. The number of likely N-dealkylation sites (tertiary alicyclic amines) is 1. The second-order valence-corrected chi connectivity index (χ2v) is 3.74. The van der Waals surface area contributed by atoms with Gasteiger partial charge in [0.15, 0.2) is 0 Å². The fraction of sp³-hybridized carbons (Fsp3) is 0.364. The third-order valence-corrected chi connectivity index (χ3v) is 2.61. The van der Waals surface area contributed by atoms with Crippen molar-refractivity contribution in [1.82, 2.24) is 9.88 Å². The Morgan fingerprint density at radius 2 is 2.33 bits per heavy atom. The fourth-order valence-corrected chi connectivity index (χ4v) is 1.47. The summed E-state index contributed by atoms with van der Waals surface area (Å²) in [7, 11) is 0. The van der Waals surface area contributed by atoms with Gasteiger partial charge in [0, 0.05) is 19.2 Å². The van der Waals surface area contributed by atoms with Crippen molar-refractivity contribution in [2.45, 2.75) is 6.42 Å². The van der Waals surface area contributed by atoms with E-state index in [0.717, 1.165) is 13.1 Å². The van der Waals surface area contributed by atoms with Crippen molar-refractivity contribution in [3.05, 3.63) is 22.8 Å². The Bertz CT molecular complexity index is 396. The molecule has 0 saturated carbocycles. The van der Waals surface area contributed by atoms with E-state index in [1.807, 2.05) is 0 Å². The van der Waals surface area contributed by atoms with Crippen LogP contribution in [-0.4, -0.2) is 29.7 Å². The van der Waals surface area contributed by atoms with Crippen molar-refractivity contribution in [3.63, 3.8) is 0 Å². The lowest BCUT2D eigenvalue weighted by molar-refractivity contribution is 0.0702.